The van der Waals surface area contributed by atoms with Crippen molar-refractivity contribution in [1.82, 2.24) is 0 Å². The molecule has 0 spiro atoms. The SMILES string of the molecule is COc1cc(N=Nc2ccc(OCCC[SiH2]C=C(C)C)cc2[N+](=O)[O-])c(O)c(C(C)(C)C)c1. The quantitative estimate of drug-likeness (QED) is 0.144. The summed E-state index contributed by atoms with van der Waals surface area (Å²) in [4.78, 5) is 11.1. The maximum Gasteiger partial charge on any atom is 0.300 e. The lowest BCUT2D eigenvalue weighted by Crippen LogP contribution is -2.11. The topological polar surface area (TPSA) is 107 Å². The summed E-state index contributed by atoms with van der Waals surface area (Å²) in [5.41, 5.74) is 3.98. The molecule has 9 heteroatoms. The summed E-state index contributed by atoms with van der Waals surface area (Å²) in [6, 6.07) is 8.90. The molecule has 1 N–H and O–H groups in total. The number of ether oxygens (including phenoxy) is 2. The average Bonchev–Trinajstić information content (AvgIpc) is 2.74. The highest BCUT2D eigenvalue weighted by atomic mass is 28.2. The Labute approximate surface area is 197 Å². The van der Waals surface area contributed by atoms with Gasteiger partial charge in [-0.3, -0.25) is 10.1 Å². The lowest BCUT2D eigenvalue weighted by Gasteiger charge is -2.21. The first-order chi connectivity index (χ1) is 15.5. The molecular weight excluding hydrogens is 438 g/mol. The third-order valence-electron chi connectivity index (χ3n) is 4.94. The summed E-state index contributed by atoms with van der Waals surface area (Å²) in [5.74, 6) is 0.896. The standard InChI is InChI=1S/C24H33N3O5Si/c1-16(2)15-33-11-7-10-32-17-8-9-20(22(14-17)27(29)30)25-26-21-13-18(31-6)12-19(23(21)28)24(3,4)5/h8-9,12-15,28H,7,10-11,33H2,1-6H3. The fourth-order valence-electron chi connectivity index (χ4n) is 3.12. The van der Waals surface area contributed by atoms with Gasteiger partial charge < -0.3 is 14.6 Å². The average molecular weight is 472 g/mol. The van der Waals surface area contributed by atoms with Gasteiger partial charge in [0.15, 0.2) is 5.69 Å². The van der Waals surface area contributed by atoms with Gasteiger partial charge in [0, 0.05) is 21.1 Å². The zero-order chi connectivity index (χ0) is 24.6. The molecule has 0 aliphatic rings. The van der Waals surface area contributed by atoms with E-state index in [2.05, 4.69) is 29.8 Å². The molecule has 33 heavy (non-hydrogen) atoms. The molecule has 0 saturated heterocycles. The van der Waals surface area contributed by atoms with E-state index in [0.29, 0.717) is 23.7 Å². The van der Waals surface area contributed by atoms with Crippen LogP contribution in [0.4, 0.5) is 17.1 Å². The molecule has 0 atom stereocenters. The Balaban J connectivity index is 2.22. The van der Waals surface area contributed by atoms with Crippen molar-refractivity contribution < 1.29 is 19.5 Å². The Bertz CT molecular complexity index is 1040. The van der Waals surface area contributed by atoms with Gasteiger partial charge in [-0.25, -0.2) is 0 Å². The van der Waals surface area contributed by atoms with Crippen LogP contribution in [0.25, 0.3) is 0 Å². The maximum absolute atomic E-state index is 11.6. The second-order valence-corrected chi connectivity index (χ2v) is 10.7. The third kappa shape index (κ3) is 7.71. The van der Waals surface area contributed by atoms with E-state index in [1.165, 1.54) is 30.9 Å². The number of nitro benzene ring substituents is 1. The van der Waals surface area contributed by atoms with Crippen LogP contribution < -0.4 is 9.47 Å². The van der Waals surface area contributed by atoms with Gasteiger partial charge in [-0.2, -0.15) is 0 Å². The van der Waals surface area contributed by atoms with Crippen LogP contribution >= 0.6 is 0 Å². The van der Waals surface area contributed by atoms with Crippen molar-refractivity contribution in [3.8, 4) is 17.2 Å². The molecule has 2 aromatic rings. The van der Waals surface area contributed by atoms with Crippen LogP contribution in [0.1, 0.15) is 46.6 Å². The fourth-order valence-corrected chi connectivity index (χ4v) is 4.39. The van der Waals surface area contributed by atoms with E-state index in [-0.39, 0.29) is 37.7 Å². The Kier molecular flexibility index (Phi) is 9.16. The van der Waals surface area contributed by atoms with Gasteiger partial charge in [-0.15, -0.1) is 15.9 Å². The predicted molar refractivity (Wildman–Crippen MR) is 134 cm³/mol. The number of hydrogen-bond acceptors (Lipinski definition) is 7. The largest absolute Gasteiger partial charge is 0.505 e. The number of nitro groups is 1. The van der Waals surface area contributed by atoms with Gasteiger partial charge in [0.25, 0.3) is 5.69 Å². The van der Waals surface area contributed by atoms with Crippen molar-refractivity contribution in [3.05, 3.63) is 57.3 Å². The van der Waals surface area contributed by atoms with Crippen molar-refractivity contribution in [2.75, 3.05) is 13.7 Å². The number of methoxy groups -OCH3 is 1. The summed E-state index contributed by atoms with van der Waals surface area (Å²) in [6.45, 7) is 10.6. The first-order valence-corrected chi connectivity index (χ1v) is 12.7. The minimum Gasteiger partial charge on any atom is -0.505 e. The molecule has 0 bridgehead atoms. The molecular formula is C24H33N3O5Si. The summed E-state index contributed by atoms with van der Waals surface area (Å²) < 4.78 is 11.0. The minimum atomic E-state index is -0.519. The van der Waals surface area contributed by atoms with Gasteiger partial charge in [0.05, 0.1) is 24.7 Å². The molecule has 0 heterocycles. The molecule has 0 fully saturated rings. The summed E-state index contributed by atoms with van der Waals surface area (Å²) in [5, 5.41) is 30.4. The van der Waals surface area contributed by atoms with Crippen LogP contribution in [-0.2, 0) is 5.41 Å². The van der Waals surface area contributed by atoms with Crippen molar-refractivity contribution in [3.63, 3.8) is 0 Å². The number of phenols is 1. The molecule has 0 aliphatic heterocycles. The molecule has 2 aromatic carbocycles. The number of allylic oxidation sites excluding steroid dienone is 1. The van der Waals surface area contributed by atoms with Crippen LogP contribution in [0.3, 0.4) is 0 Å². The number of rotatable bonds is 10. The Morgan fingerprint density at radius 1 is 1.15 bits per heavy atom. The van der Waals surface area contributed by atoms with Crippen molar-refractivity contribution in [1.29, 1.82) is 0 Å². The van der Waals surface area contributed by atoms with E-state index >= 15 is 0 Å². The monoisotopic (exact) mass is 471 g/mol. The number of hydrogen-bond donors (Lipinski definition) is 1. The van der Waals surface area contributed by atoms with Crippen LogP contribution in [0.15, 0.2) is 51.8 Å². The Hall–Kier alpha value is -3.20. The molecule has 0 aromatic heterocycles. The van der Waals surface area contributed by atoms with E-state index in [0.717, 1.165) is 12.5 Å². The number of phenolic OH excluding ortho intramolecular Hbond substituents is 1. The Morgan fingerprint density at radius 2 is 1.85 bits per heavy atom. The zero-order valence-corrected chi connectivity index (χ0v) is 21.6. The van der Waals surface area contributed by atoms with Gasteiger partial charge in [0.2, 0.25) is 0 Å². The van der Waals surface area contributed by atoms with E-state index in [9.17, 15) is 15.2 Å². The highest BCUT2D eigenvalue weighted by Gasteiger charge is 2.22. The summed E-state index contributed by atoms with van der Waals surface area (Å²) >= 11 is 0. The van der Waals surface area contributed by atoms with Crippen molar-refractivity contribution in [2.24, 2.45) is 10.2 Å². The Morgan fingerprint density at radius 3 is 2.45 bits per heavy atom. The highest BCUT2D eigenvalue weighted by molar-refractivity contribution is 6.42. The van der Waals surface area contributed by atoms with E-state index in [1.807, 2.05) is 20.8 Å². The first-order valence-electron chi connectivity index (χ1n) is 10.9. The normalized spacial score (nSPS) is 11.8. The fraction of sp³-hybridized carbons (Fsp3) is 0.417. The molecule has 2 rings (SSSR count). The minimum absolute atomic E-state index is 0.0358. The van der Waals surface area contributed by atoms with Crippen LogP contribution in [0, 0.1) is 10.1 Å². The van der Waals surface area contributed by atoms with Crippen LogP contribution in [0.5, 0.6) is 17.2 Å². The van der Waals surface area contributed by atoms with Gasteiger partial charge in [0.1, 0.15) is 22.9 Å². The lowest BCUT2D eigenvalue weighted by atomic mass is 9.86. The summed E-state index contributed by atoms with van der Waals surface area (Å²) in [6.07, 6.45) is 0.913. The molecule has 8 nitrogen and oxygen atoms in total. The van der Waals surface area contributed by atoms with Gasteiger partial charge in [-0.1, -0.05) is 32.4 Å². The predicted octanol–water partition coefficient (Wildman–Crippen LogP) is 6.30. The molecule has 0 saturated carbocycles. The van der Waals surface area contributed by atoms with E-state index in [4.69, 9.17) is 9.47 Å². The third-order valence-corrected chi connectivity index (χ3v) is 6.95. The van der Waals surface area contributed by atoms with E-state index < -0.39 is 4.92 Å². The second-order valence-electron chi connectivity index (χ2n) is 9.03. The number of nitrogens with zero attached hydrogens (tertiary/aromatic N) is 3. The van der Waals surface area contributed by atoms with Crippen molar-refractivity contribution in [2.45, 2.75) is 52.5 Å². The first kappa shape index (κ1) is 26.1. The maximum atomic E-state index is 11.6. The van der Waals surface area contributed by atoms with Crippen molar-refractivity contribution >= 4 is 26.6 Å². The molecule has 0 aliphatic carbocycles. The van der Waals surface area contributed by atoms with Crippen LogP contribution in [-0.4, -0.2) is 33.3 Å². The van der Waals surface area contributed by atoms with Gasteiger partial charge in [-0.05, 0) is 43.9 Å². The lowest BCUT2D eigenvalue weighted by molar-refractivity contribution is -0.384. The zero-order valence-electron chi connectivity index (χ0n) is 20.2. The molecule has 0 radical (unpaired) electrons. The number of aromatic hydroxyl groups is 1. The smallest absolute Gasteiger partial charge is 0.300 e. The van der Waals surface area contributed by atoms with Crippen LogP contribution in [0.2, 0.25) is 6.04 Å². The molecule has 0 unspecified atom stereocenters. The van der Waals surface area contributed by atoms with E-state index in [1.54, 1.807) is 12.1 Å². The molecule has 0 amide bonds. The summed E-state index contributed by atoms with van der Waals surface area (Å²) in [7, 11) is 1.30. The second kappa shape index (κ2) is 11.6. The number of benzene rings is 2. The number of azo groups is 1. The molecule has 178 valence electrons. The highest BCUT2D eigenvalue weighted by Crippen LogP contribution is 2.42. The van der Waals surface area contributed by atoms with Gasteiger partial charge >= 0.3 is 0 Å².